The standard InChI is InChI=1S/C25H21BrF4N2O/c1-14-9-17(6-7-21(14)27)22(16-4-5-16)32-24(33)19-11-15(13-26)10-18(12-19)20-3-2-8-31-23(20)25(28,29)30/h2-3,6-12,16,22H,4-5,13H2,1H3,(H,32,33). The van der Waals surface area contributed by atoms with Gasteiger partial charge >= 0.3 is 6.18 Å². The van der Waals surface area contributed by atoms with Gasteiger partial charge in [-0.3, -0.25) is 9.78 Å². The average molecular weight is 521 g/mol. The predicted octanol–water partition coefficient (Wildman–Crippen LogP) is 6.99. The molecule has 1 unspecified atom stereocenters. The van der Waals surface area contributed by atoms with E-state index < -0.39 is 17.8 Å². The van der Waals surface area contributed by atoms with Crippen LogP contribution in [0.3, 0.4) is 0 Å². The van der Waals surface area contributed by atoms with E-state index in [1.165, 1.54) is 24.3 Å². The van der Waals surface area contributed by atoms with Crippen LogP contribution >= 0.6 is 15.9 Å². The van der Waals surface area contributed by atoms with Gasteiger partial charge in [0.05, 0.1) is 6.04 Å². The zero-order chi connectivity index (χ0) is 23.8. The summed E-state index contributed by atoms with van der Waals surface area (Å²) in [5.74, 6) is -0.464. The zero-order valence-electron chi connectivity index (χ0n) is 17.7. The maximum atomic E-state index is 13.7. The van der Waals surface area contributed by atoms with Crippen LogP contribution in [0.25, 0.3) is 11.1 Å². The molecule has 1 amide bonds. The number of carbonyl (C=O) groups is 1. The molecule has 3 nitrogen and oxygen atoms in total. The number of pyridine rings is 1. The Bertz CT molecular complexity index is 1190. The highest BCUT2D eigenvalue weighted by molar-refractivity contribution is 9.08. The summed E-state index contributed by atoms with van der Waals surface area (Å²) in [4.78, 5) is 16.7. The van der Waals surface area contributed by atoms with Crippen LogP contribution < -0.4 is 5.32 Å². The lowest BCUT2D eigenvalue weighted by Crippen LogP contribution is -2.30. The summed E-state index contributed by atoms with van der Waals surface area (Å²) in [6, 6.07) is 12.0. The molecule has 1 saturated carbocycles. The second kappa shape index (κ2) is 9.25. The zero-order valence-corrected chi connectivity index (χ0v) is 19.3. The molecule has 3 aromatic rings. The first-order chi connectivity index (χ1) is 15.7. The predicted molar refractivity (Wildman–Crippen MR) is 121 cm³/mol. The molecular formula is C25H21BrF4N2O. The molecule has 1 fully saturated rings. The molecule has 0 saturated heterocycles. The number of hydrogen-bond acceptors (Lipinski definition) is 2. The minimum Gasteiger partial charge on any atom is -0.345 e. The topological polar surface area (TPSA) is 42.0 Å². The molecule has 0 spiro atoms. The third-order valence-corrected chi connectivity index (χ3v) is 6.37. The van der Waals surface area contributed by atoms with E-state index in [4.69, 9.17) is 0 Å². The van der Waals surface area contributed by atoms with Crippen LogP contribution in [0.5, 0.6) is 0 Å². The molecule has 4 rings (SSSR count). The Morgan fingerprint density at radius 2 is 1.94 bits per heavy atom. The Kier molecular flexibility index (Phi) is 6.56. The number of nitrogens with one attached hydrogen (secondary N) is 1. The minimum absolute atomic E-state index is 0.0882. The largest absolute Gasteiger partial charge is 0.433 e. The van der Waals surface area contributed by atoms with Crippen molar-refractivity contribution in [2.45, 2.75) is 37.3 Å². The van der Waals surface area contributed by atoms with Crippen LogP contribution in [0.15, 0.2) is 54.7 Å². The van der Waals surface area contributed by atoms with Crippen LogP contribution in [0.1, 0.15) is 51.6 Å². The summed E-state index contributed by atoms with van der Waals surface area (Å²) in [6.45, 7) is 1.67. The number of nitrogens with zero attached hydrogens (tertiary/aromatic N) is 1. The lowest BCUT2D eigenvalue weighted by molar-refractivity contribution is -0.140. The van der Waals surface area contributed by atoms with E-state index in [0.717, 1.165) is 24.6 Å². The van der Waals surface area contributed by atoms with Gasteiger partial charge in [0.2, 0.25) is 0 Å². The Labute approximate surface area is 197 Å². The number of alkyl halides is 4. The van der Waals surface area contributed by atoms with Crippen molar-refractivity contribution < 1.29 is 22.4 Å². The molecule has 1 aromatic heterocycles. The van der Waals surface area contributed by atoms with E-state index in [2.05, 4.69) is 26.2 Å². The SMILES string of the molecule is Cc1cc(C(NC(=O)c2cc(CBr)cc(-c3cccnc3C(F)(F)F)c2)C2CC2)ccc1F. The van der Waals surface area contributed by atoms with Crippen molar-refractivity contribution in [1.82, 2.24) is 10.3 Å². The van der Waals surface area contributed by atoms with Gasteiger partial charge in [0.1, 0.15) is 5.82 Å². The molecule has 0 bridgehead atoms. The lowest BCUT2D eigenvalue weighted by Gasteiger charge is -2.20. The van der Waals surface area contributed by atoms with Crippen LogP contribution in [-0.4, -0.2) is 10.9 Å². The first-order valence-electron chi connectivity index (χ1n) is 10.5. The third kappa shape index (κ3) is 5.27. The number of amides is 1. The van der Waals surface area contributed by atoms with Crippen molar-refractivity contribution in [3.63, 3.8) is 0 Å². The normalized spacial score (nSPS) is 14.7. The van der Waals surface area contributed by atoms with Crippen LogP contribution in [-0.2, 0) is 11.5 Å². The summed E-state index contributed by atoms with van der Waals surface area (Å²) >= 11 is 3.34. The summed E-state index contributed by atoms with van der Waals surface area (Å²) in [6.07, 6.45) is -1.64. The molecule has 1 aliphatic carbocycles. The van der Waals surface area contributed by atoms with Crippen molar-refractivity contribution in [3.8, 4) is 11.1 Å². The maximum Gasteiger partial charge on any atom is 0.433 e. The highest BCUT2D eigenvalue weighted by Crippen LogP contribution is 2.42. The number of carbonyl (C=O) groups excluding carboxylic acids is 1. The number of benzene rings is 2. The fraction of sp³-hybridized carbons (Fsp3) is 0.280. The molecule has 0 aliphatic heterocycles. The molecule has 8 heteroatoms. The molecule has 1 N–H and O–H groups in total. The summed E-state index contributed by atoms with van der Waals surface area (Å²) in [5, 5.41) is 3.39. The van der Waals surface area contributed by atoms with Crippen molar-refractivity contribution in [1.29, 1.82) is 0 Å². The van der Waals surface area contributed by atoms with E-state index in [0.29, 0.717) is 16.5 Å². The summed E-state index contributed by atoms with van der Waals surface area (Å²) < 4.78 is 54.3. The van der Waals surface area contributed by atoms with Crippen LogP contribution in [0.2, 0.25) is 0 Å². The van der Waals surface area contributed by atoms with Crippen molar-refractivity contribution in [2.75, 3.05) is 0 Å². The number of rotatable bonds is 6. The maximum absolute atomic E-state index is 13.7. The highest BCUT2D eigenvalue weighted by atomic mass is 79.9. The number of aromatic nitrogens is 1. The molecule has 0 radical (unpaired) electrons. The summed E-state index contributed by atoms with van der Waals surface area (Å²) in [7, 11) is 0. The fourth-order valence-electron chi connectivity index (χ4n) is 3.91. The van der Waals surface area contributed by atoms with Gasteiger partial charge in [-0.1, -0.05) is 40.2 Å². The third-order valence-electron chi connectivity index (χ3n) is 5.72. The van der Waals surface area contributed by atoms with E-state index in [9.17, 15) is 22.4 Å². The first kappa shape index (κ1) is 23.4. The van der Waals surface area contributed by atoms with Crippen molar-refractivity contribution in [2.24, 2.45) is 5.92 Å². The number of halogens is 5. The first-order valence-corrected chi connectivity index (χ1v) is 11.6. The molecule has 1 atom stereocenters. The van der Waals surface area contributed by atoms with E-state index >= 15 is 0 Å². The molecule has 1 aliphatic rings. The van der Waals surface area contributed by atoms with Gasteiger partial charge in [0, 0.05) is 22.7 Å². The molecule has 2 aromatic carbocycles. The fourth-order valence-corrected chi connectivity index (χ4v) is 4.23. The van der Waals surface area contributed by atoms with Gasteiger partial charge in [-0.25, -0.2) is 4.39 Å². The van der Waals surface area contributed by atoms with Gasteiger partial charge in [-0.2, -0.15) is 13.2 Å². The highest BCUT2D eigenvalue weighted by Gasteiger charge is 2.36. The smallest absolute Gasteiger partial charge is 0.345 e. The second-order valence-corrected chi connectivity index (χ2v) is 8.81. The van der Waals surface area contributed by atoms with Gasteiger partial charge in [-0.05, 0) is 72.2 Å². The Morgan fingerprint density at radius 1 is 1.18 bits per heavy atom. The molecule has 33 heavy (non-hydrogen) atoms. The van der Waals surface area contributed by atoms with Crippen LogP contribution in [0.4, 0.5) is 17.6 Å². The Balaban J connectivity index is 1.69. The lowest BCUT2D eigenvalue weighted by atomic mass is 9.97. The monoisotopic (exact) mass is 520 g/mol. The average Bonchev–Trinajstić information content (AvgIpc) is 3.63. The van der Waals surface area contributed by atoms with Crippen molar-refractivity contribution >= 4 is 21.8 Å². The Hall–Kier alpha value is -2.74. The molecule has 172 valence electrons. The molecule has 1 heterocycles. The van der Waals surface area contributed by atoms with Gasteiger partial charge < -0.3 is 5.32 Å². The second-order valence-electron chi connectivity index (χ2n) is 8.25. The quantitative estimate of drug-likeness (QED) is 0.281. The minimum atomic E-state index is -4.62. The van der Waals surface area contributed by atoms with E-state index in [1.54, 1.807) is 31.2 Å². The van der Waals surface area contributed by atoms with Gasteiger partial charge in [0.25, 0.3) is 5.91 Å². The van der Waals surface area contributed by atoms with Gasteiger partial charge in [0.15, 0.2) is 5.69 Å². The van der Waals surface area contributed by atoms with Crippen LogP contribution in [0, 0.1) is 18.7 Å². The number of hydrogen-bond donors (Lipinski definition) is 1. The van der Waals surface area contributed by atoms with E-state index in [-0.39, 0.29) is 34.5 Å². The van der Waals surface area contributed by atoms with E-state index in [1.807, 2.05) is 0 Å². The molecular weight excluding hydrogens is 500 g/mol. The summed E-state index contributed by atoms with van der Waals surface area (Å²) in [5.41, 5.74) is 1.40. The number of aryl methyl sites for hydroxylation is 1. The Morgan fingerprint density at radius 3 is 2.58 bits per heavy atom. The van der Waals surface area contributed by atoms with Gasteiger partial charge in [-0.15, -0.1) is 0 Å². The van der Waals surface area contributed by atoms with Crippen molar-refractivity contribution in [3.05, 3.63) is 88.5 Å².